The van der Waals surface area contributed by atoms with Crippen LogP contribution < -0.4 is 0 Å². The Balaban J connectivity index is 0. The summed E-state index contributed by atoms with van der Waals surface area (Å²) in [4.78, 5) is 63.2. The van der Waals surface area contributed by atoms with Crippen molar-refractivity contribution in [2.24, 2.45) is 0 Å². The van der Waals surface area contributed by atoms with Gasteiger partial charge in [-0.15, -0.1) is 12.3 Å². The molecule has 0 aromatic carbocycles. The molecule has 0 radical (unpaired) electrons. The second-order valence-corrected chi connectivity index (χ2v) is 10.1. The molecular weight excluding hydrogens is 299 g/mol. The van der Waals surface area contributed by atoms with Crippen LogP contribution in [0.15, 0.2) is 0 Å². The second kappa shape index (κ2) is 6.87. The van der Waals surface area contributed by atoms with E-state index >= 15 is 0 Å². The van der Waals surface area contributed by atoms with Crippen LogP contribution >= 0.6 is 0 Å². The summed E-state index contributed by atoms with van der Waals surface area (Å²) in [5, 5.41) is -2.69. The van der Waals surface area contributed by atoms with E-state index in [-0.39, 0.29) is 0 Å². The van der Waals surface area contributed by atoms with Gasteiger partial charge < -0.3 is 0 Å². The van der Waals surface area contributed by atoms with Crippen LogP contribution in [0.5, 0.6) is 0 Å². The number of carbonyl (C=O) groups is 6. The standard InChI is InChI=1S/C6H10.6CHO.Co/c1-3-5-6-4-2;6*1-2;/h1H,4-6H2,2H3;6*1H;. The Kier molecular flexibility index (Phi) is 7.02. The van der Waals surface area contributed by atoms with Crippen LogP contribution in [0.25, 0.3) is 0 Å². The third-order valence-electron chi connectivity index (χ3n) is 2.04. The minimum atomic E-state index is -5.95. The van der Waals surface area contributed by atoms with E-state index in [1.165, 1.54) is 12.8 Å². The Morgan fingerprint density at radius 1 is 0.842 bits per heavy atom. The predicted molar refractivity (Wildman–Crippen MR) is 68.9 cm³/mol. The Labute approximate surface area is 109 Å². The zero-order chi connectivity index (χ0) is 15.5. The van der Waals surface area contributed by atoms with E-state index in [0.717, 1.165) is 6.42 Å². The molecule has 0 spiro atoms. The van der Waals surface area contributed by atoms with Crippen molar-refractivity contribution in [3.63, 3.8) is 0 Å². The molecule has 0 N–H and O–H groups in total. The van der Waals surface area contributed by atoms with Crippen LogP contribution in [0.4, 0.5) is 0 Å². The van der Waals surface area contributed by atoms with Gasteiger partial charge in [-0.25, -0.2) is 0 Å². The molecule has 0 bridgehead atoms. The molecule has 0 aliphatic rings. The number of hydrogen-bond acceptors (Lipinski definition) is 6. The molecule has 0 aliphatic carbocycles. The monoisotopic (exact) mass is 315 g/mol. The average Bonchev–Trinajstić information content (AvgIpc) is 2.51. The van der Waals surface area contributed by atoms with Crippen molar-refractivity contribution < 1.29 is 39.3 Å². The van der Waals surface area contributed by atoms with E-state index in [1.54, 1.807) is 0 Å². The summed E-state index contributed by atoms with van der Waals surface area (Å²) >= 11 is 0. The first-order valence-electron chi connectivity index (χ1n) is 4.92. The second-order valence-electron chi connectivity index (χ2n) is 3.45. The van der Waals surface area contributed by atoms with Gasteiger partial charge >= 0.3 is 70.6 Å². The van der Waals surface area contributed by atoms with E-state index in [0.29, 0.717) is 0 Å². The van der Waals surface area contributed by atoms with Crippen LogP contribution in [0, 0.1) is 12.3 Å². The number of hydrogen-bond donors (Lipinski definition) is 0. The van der Waals surface area contributed by atoms with Crippen molar-refractivity contribution in [2.45, 2.75) is 26.2 Å². The minimum absolute atomic E-state index is 0.448. The molecule has 0 atom stereocenters. The van der Waals surface area contributed by atoms with E-state index in [4.69, 9.17) is 6.42 Å². The Morgan fingerprint density at radius 3 is 1.21 bits per heavy atom. The van der Waals surface area contributed by atoms with E-state index < -0.39 is 41.9 Å². The Hall–Kier alpha value is -1.91. The van der Waals surface area contributed by atoms with Crippen LogP contribution in [-0.2, 0) is 39.3 Å². The molecule has 7 heteroatoms. The molecule has 0 rings (SSSR count). The molecule has 0 unspecified atom stereocenters. The molecule has 0 aliphatic heterocycles. The Bertz CT molecular complexity index is 348. The average molecular weight is 315 g/mol. The number of unbranched alkanes of at least 4 members (excludes halogenated alkanes) is 2. The molecule has 0 aromatic rings. The SMILES string of the molecule is C#CCCCC.O=[CH][Co]([CH]=O)([CH]=O)([CH]=O)([CH]=O)[CH]=O. The molecule has 0 saturated carbocycles. The summed E-state index contributed by atoms with van der Waals surface area (Å²) < 4.78 is 0. The third kappa shape index (κ3) is 3.30. The topological polar surface area (TPSA) is 102 Å². The summed E-state index contributed by atoms with van der Waals surface area (Å²) in [6.45, 7) is 2.14. The van der Waals surface area contributed by atoms with Crippen molar-refractivity contribution in [1.82, 2.24) is 0 Å². The molecule has 0 fully saturated rings. The van der Waals surface area contributed by atoms with Crippen LogP contribution in [0.3, 0.4) is 0 Å². The van der Waals surface area contributed by atoms with Gasteiger partial charge in [-0.05, 0) is 6.42 Å². The first-order valence-corrected chi connectivity index (χ1v) is 8.52. The molecule has 0 amide bonds. The third-order valence-corrected chi connectivity index (χ3v) is 6.29. The van der Waals surface area contributed by atoms with Crippen molar-refractivity contribution in [2.75, 3.05) is 0 Å². The van der Waals surface area contributed by atoms with Gasteiger partial charge in [-0.1, -0.05) is 13.3 Å². The maximum absolute atomic E-state index is 10.5. The van der Waals surface area contributed by atoms with Crippen molar-refractivity contribution in [3.8, 4) is 12.3 Å². The number of rotatable bonds is 8. The van der Waals surface area contributed by atoms with E-state index in [9.17, 15) is 28.8 Å². The van der Waals surface area contributed by atoms with Gasteiger partial charge in [0.05, 0.1) is 0 Å². The molecule has 0 aromatic heterocycles. The fourth-order valence-corrected chi connectivity index (χ4v) is 1.42. The van der Waals surface area contributed by atoms with Crippen LogP contribution in [0.2, 0.25) is 0 Å². The normalized spacial score (nSPS) is 13.1. The van der Waals surface area contributed by atoms with Gasteiger partial charge in [0.25, 0.3) is 0 Å². The summed E-state index contributed by atoms with van der Waals surface area (Å²) in [6, 6.07) is 0. The van der Waals surface area contributed by atoms with Crippen molar-refractivity contribution in [1.29, 1.82) is 0 Å². The van der Waals surface area contributed by atoms with E-state index in [1.807, 2.05) is 0 Å². The summed E-state index contributed by atoms with van der Waals surface area (Å²) in [6.07, 6.45) is 8.30. The van der Waals surface area contributed by atoms with Crippen molar-refractivity contribution >= 4 is 31.3 Å². The van der Waals surface area contributed by atoms with Gasteiger partial charge in [0.2, 0.25) is 0 Å². The molecular formula is C12H16CoO6. The van der Waals surface area contributed by atoms with Gasteiger partial charge in [0.15, 0.2) is 0 Å². The fraction of sp³-hybridized carbons (Fsp3) is 0.333. The van der Waals surface area contributed by atoms with Gasteiger partial charge in [-0.3, -0.25) is 0 Å². The van der Waals surface area contributed by atoms with Crippen LogP contribution in [0.1, 0.15) is 26.2 Å². The zero-order valence-corrected chi connectivity index (χ0v) is 11.5. The van der Waals surface area contributed by atoms with E-state index in [2.05, 4.69) is 12.8 Å². The van der Waals surface area contributed by atoms with Crippen LogP contribution in [-0.4, -0.2) is 31.3 Å². The van der Waals surface area contributed by atoms with Gasteiger partial charge in [0.1, 0.15) is 0 Å². The van der Waals surface area contributed by atoms with Crippen molar-refractivity contribution in [3.05, 3.63) is 0 Å². The first-order chi connectivity index (χ1) is 8.89. The summed E-state index contributed by atoms with van der Waals surface area (Å²) in [5.74, 6) is 2.57. The summed E-state index contributed by atoms with van der Waals surface area (Å²) in [7, 11) is -5.95. The number of carbonyl (C=O) groups excluding carboxylic acids is 6. The molecule has 109 valence electrons. The Morgan fingerprint density at radius 2 is 1.16 bits per heavy atom. The quantitative estimate of drug-likeness (QED) is 0.359. The summed E-state index contributed by atoms with van der Waals surface area (Å²) in [5.41, 5.74) is 0. The molecule has 0 saturated heterocycles. The fourth-order valence-electron chi connectivity index (χ4n) is 0.557. The molecule has 0 heterocycles. The molecule has 19 heavy (non-hydrogen) atoms. The zero-order valence-electron chi connectivity index (χ0n) is 10.4. The number of terminal acetylenes is 1. The predicted octanol–water partition coefficient (Wildman–Crippen LogP) is 0.163. The van der Waals surface area contributed by atoms with Gasteiger partial charge in [-0.2, -0.15) is 0 Å². The first kappa shape index (κ1) is 19.4. The van der Waals surface area contributed by atoms with Gasteiger partial charge in [0, 0.05) is 6.42 Å². The maximum atomic E-state index is 10.5. The molecule has 6 nitrogen and oxygen atoms in total.